The van der Waals surface area contributed by atoms with E-state index in [0.717, 1.165) is 24.8 Å². The molecule has 2 atom stereocenters. The number of aliphatic hydroxyl groups is 1. The Bertz CT molecular complexity index is 311. The Hall–Kier alpha value is -0.890. The van der Waals surface area contributed by atoms with Gasteiger partial charge in [-0.15, -0.1) is 0 Å². The highest BCUT2D eigenvalue weighted by molar-refractivity contribution is 5.16. The summed E-state index contributed by atoms with van der Waals surface area (Å²) in [5, 5.41) is 9.31. The van der Waals surface area contributed by atoms with E-state index in [1.54, 1.807) is 12.1 Å². The normalized spacial score (nSPS) is 14.8. The summed E-state index contributed by atoms with van der Waals surface area (Å²) in [5.74, 6) is 0.667. The molecule has 0 radical (unpaired) electrons. The van der Waals surface area contributed by atoms with Gasteiger partial charge in [0.25, 0.3) is 0 Å². The summed E-state index contributed by atoms with van der Waals surface area (Å²) in [5.41, 5.74) is 0.974. The van der Waals surface area contributed by atoms with Gasteiger partial charge in [0.1, 0.15) is 5.82 Å². The Labute approximate surface area is 97.3 Å². The number of aliphatic hydroxyl groups excluding tert-OH is 1. The highest BCUT2D eigenvalue weighted by atomic mass is 19.1. The smallest absolute Gasteiger partial charge is 0.123 e. The summed E-state index contributed by atoms with van der Waals surface area (Å²) in [6, 6.07) is 6.65. The first-order valence-corrected chi connectivity index (χ1v) is 6.01. The lowest BCUT2D eigenvalue weighted by atomic mass is 9.89. The van der Waals surface area contributed by atoms with Crippen molar-refractivity contribution in [3.05, 3.63) is 35.6 Å². The van der Waals surface area contributed by atoms with Gasteiger partial charge in [-0.1, -0.05) is 32.4 Å². The molecule has 0 amide bonds. The van der Waals surface area contributed by atoms with Crippen LogP contribution in [0.2, 0.25) is 0 Å². The van der Waals surface area contributed by atoms with Crippen molar-refractivity contribution < 1.29 is 9.50 Å². The van der Waals surface area contributed by atoms with Crippen LogP contribution in [-0.4, -0.2) is 11.7 Å². The highest BCUT2D eigenvalue weighted by Gasteiger charge is 2.12. The summed E-state index contributed by atoms with van der Waals surface area (Å²) < 4.78 is 13.0. The second-order valence-electron chi connectivity index (χ2n) is 4.63. The van der Waals surface area contributed by atoms with Crippen molar-refractivity contribution in [3.63, 3.8) is 0 Å². The van der Waals surface area contributed by atoms with Crippen molar-refractivity contribution in [2.24, 2.45) is 11.8 Å². The summed E-state index contributed by atoms with van der Waals surface area (Å²) in [6.45, 7) is 4.52. The molecule has 0 fully saturated rings. The Kier molecular flexibility index (Phi) is 5.47. The van der Waals surface area contributed by atoms with Gasteiger partial charge in [-0.25, -0.2) is 4.39 Å². The van der Waals surface area contributed by atoms with Gasteiger partial charge in [0.05, 0.1) is 0 Å². The van der Waals surface area contributed by atoms with Crippen molar-refractivity contribution in [1.82, 2.24) is 0 Å². The van der Waals surface area contributed by atoms with Crippen LogP contribution in [-0.2, 0) is 6.42 Å². The molecule has 0 aliphatic rings. The van der Waals surface area contributed by atoms with Crippen molar-refractivity contribution in [3.8, 4) is 0 Å². The molecule has 1 aromatic carbocycles. The first kappa shape index (κ1) is 13.2. The fraction of sp³-hybridized carbons (Fsp3) is 0.571. The van der Waals surface area contributed by atoms with Crippen LogP contribution >= 0.6 is 0 Å². The van der Waals surface area contributed by atoms with Crippen LogP contribution in [0.1, 0.15) is 32.3 Å². The molecule has 0 aliphatic heterocycles. The van der Waals surface area contributed by atoms with Gasteiger partial charge in [-0.2, -0.15) is 0 Å². The Balaban J connectivity index is 2.56. The molecule has 90 valence electrons. The van der Waals surface area contributed by atoms with Crippen LogP contribution in [0.3, 0.4) is 0 Å². The van der Waals surface area contributed by atoms with Crippen molar-refractivity contribution in [2.45, 2.75) is 33.1 Å². The van der Waals surface area contributed by atoms with E-state index >= 15 is 0 Å². The quantitative estimate of drug-likeness (QED) is 0.785. The van der Waals surface area contributed by atoms with Crippen LogP contribution in [0.15, 0.2) is 24.3 Å². The van der Waals surface area contributed by atoms with Gasteiger partial charge in [0, 0.05) is 6.61 Å². The topological polar surface area (TPSA) is 20.2 Å². The molecule has 0 saturated heterocycles. The molecule has 1 nitrogen and oxygen atoms in total. The lowest BCUT2D eigenvalue weighted by Crippen LogP contribution is -2.13. The second-order valence-corrected chi connectivity index (χ2v) is 4.63. The van der Waals surface area contributed by atoms with Crippen LogP contribution in [0.25, 0.3) is 0 Å². The fourth-order valence-electron chi connectivity index (χ4n) is 1.96. The van der Waals surface area contributed by atoms with E-state index in [2.05, 4.69) is 13.8 Å². The van der Waals surface area contributed by atoms with E-state index in [1.807, 2.05) is 6.07 Å². The van der Waals surface area contributed by atoms with E-state index in [-0.39, 0.29) is 18.3 Å². The van der Waals surface area contributed by atoms with E-state index in [4.69, 9.17) is 0 Å². The molecular weight excluding hydrogens is 203 g/mol. The lowest BCUT2D eigenvalue weighted by Gasteiger charge is -2.18. The molecule has 2 heteroatoms. The zero-order valence-electron chi connectivity index (χ0n) is 10.1. The molecule has 16 heavy (non-hydrogen) atoms. The van der Waals surface area contributed by atoms with Crippen molar-refractivity contribution >= 4 is 0 Å². The first-order chi connectivity index (χ1) is 7.65. The zero-order chi connectivity index (χ0) is 12.0. The van der Waals surface area contributed by atoms with Gasteiger partial charge in [-0.3, -0.25) is 0 Å². The lowest BCUT2D eigenvalue weighted by molar-refractivity contribution is 0.201. The SMILES string of the molecule is CCC(C)CC(CO)Cc1cccc(F)c1. The van der Waals surface area contributed by atoms with Gasteiger partial charge >= 0.3 is 0 Å². The van der Waals surface area contributed by atoms with E-state index in [1.165, 1.54) is 6.07 Å². The standard InChI is InChI=1S/C14H21FO/c1-3-11(2)7-13(10-16)8-12-5-4-6-14(15)9-12/h4-6,9,11,13,16H,3,7-8,10H2,1-2H3. The van der Waals surface area contributed by atoms with Crippen LogP contribution in [0.4, 0.5) is 4.39 Å². The predicted octanol–water partition coefficient (Wildman–Crippen LogP) is 3.41. The molecule has 2 unspecified atom stereocenters. The number of benzene rings is 1. The van der Waals surface area contributed by atoms with Crippen LogP contribution in [0.5, 0.6) is 0 Å². The molecule has 1 N–H and O–H groups in total. The summed E-state index contributed by atoms with van der Waals surface area (Å²) in [6.07, 6.45) is 2.89. The molecule has 0 saturated carbocycles. The van der Waals surface area contributed by atoms with Crippen LogP contribution in [0, 0.1) is 17.7 Å². The number of halogens is 1. The monoisotopic (exact) mass is 224 g/mol. The fourth-order valence-corrected chi connectivity index (χ4v) is 1.96. The van der Waals surface area contributed by atoms with Gasteiger partial charge < -0.3 is 5.11 Å². The van der Waals surface area contributed by atoms with Gasteiger partial charge in [0.15, 0.2) is 0 Å². The average molecular weight is 224 g/mol. The third kappa shape index (κ3) is 4.31. The highest BCUT2D eigenvalue weighted by Crippen LogP contribution is 2.19. The average Bonchev–Trinajstić information content (AvgIpc) is 2.28. The molecule has 0 aliphatic carbocycles. The van der Waals surface area contributed by atoms with E-state index in [9.17, 15) is 9.50 Å². The Morgan fingerprint density at radius 3 is 2.69 bits per heavy atom. The van der Waals surface area contributed by atoms with Gasteiger partial charge in [-0.05, 0) is 42.4 Å². The maximum Gasteiger partial charge on any atom is 0.123 e. The minimum atomic E-state index is -0.197. The Morgan fingerprint density at radius 1 is 1.38 bits per heavy atom. The molecule has 1 aromatic rings. The predicted molar refractivity (Wildman–Crippen MR) is 64.8 cm³/mol. The number of hydrogen-bond donors (Lipinski definition) is 1. The van der Waals surface area contributed by atoms with E-state index in [0.29, 0.717) is 5.92 Å². The van der Waals surface area contributed by atoms with Crippen LogP contribution < -0.4 is 0 Å². The maximum atomic E-state index is 13.0. The first-order valence-electron chi connectivity index (χ1n) is 6.01. The minimum Gasteiger partial charge on any atom is -0.396 e. The second kappa shape index (κ2) is 6.64. The van der Waals surface area contributed by atoms with E-state index < -0.39 is 0 Å². The van der Waals surface area contributed by atoms with Crippen molar-refractivity contribution in [2.75, 3.05) is 6.61 Å². The third-order valence-corrected chi connectivity index (χ3v) is 3.10. The molecule has 1 rings (SSSR count). The van der Waals surface area contributed by atoms with Crippen molar-refractivity contribution in [1.29, 1.82) is 0 Å². The molecule has 0 spiro atoms. The molecule has 0 bridgehead atoms. The third-order valence-electron chi connectivity index (χ3n) is 3.10. The number of rotatable bonds is 6. The summed E-state index contributed by atoms with van der Waals surface area (Å²) in [7, 11) is 0. The summed E-state index contributed by atoms with van der Waals surface area (Å²) in [4.78, 5) is 0. The van der Waals surface area contributed by atoms with Gasteiger partial charge in [0.2, 0.25) is 0 Å². The Morgan fingerprint density at radius 2 is 2.12 bits per heavy atom. The zero-order valence-corrected chi connectivity index (χ0v) is 10.1. The molecular formula is C14H21FO. The molecule has 0 heterocycles. The minimum absolute atomic E-state index is 0.181. The molecule has 0 aromatic heterocycles. The number of hydrogen-bond acceptors (Lipinski definition) is 1. The largest absolute Gasteiger partial charge is 0.396 e. The summed E-state index contributed by atoms with van der Waals surface area (Å²) >= 11 is 0. The maximum absolute atomic E-state index is 13.0.